The molecule has 0 aliphatic carbocycles. The summed E-state index contributed by atoms with van der Waals surface area (Å²) in [5.74, 6) is -0.228. The lowest BCUT2D eigenvalue weighted by Gasteiger charge is -2.28. The molecule has 0 fully saturated rings. The molecule has 116 valence electrons. The Bertz CT molecular complexity index is 459. The average Bonchev–Trinajstić information content (AvgIpc) is 2.49. The SMILES string of the molecule is COC(=O)C(C)N(CC(C)C)C(=O)OCc1ccccc1. The molecule has 0 aliphatic rings. The van der Waals surface area contributed by atoms with Crippen LogP contribution >= 0.6 is 0 Å². The molecule has 0 aromatic heterocycles. The van der Waals surface area contributed by atoms with Gasteiger partial charge in [0.1, 0.15) is 12.6 Å². The molecule has 0 spiro atoms. The van der Waals surface area contributed by atoms with Crippen molar-refractivity contribution in [3.8, 4) is 0 Å². The molecular formula is C16H23NO4. The topological polar surface area (TPSA) is 55.8 Å². The molecule has 0 saturated heterocycles. The molecule has 5 heteroatoms. The largest absolute Gasteiger partial charge is 0.467 e. The van der Waals surface area contributed by atoms with Crippen LogP contribution in [-0.4, -0.2) is 36.7 Å². The number of rotatable bonds is 6. The first kappa shape index (κ1) is 17.0. The van der Waals surface area contributed by atoms with Gasteiger partial charge in [-0.15, -0.1) is 0 Å². The Kier molecular flexibility index (Phi) is 6.72. The van der Waals surface area contributed by atoms with Gasteiger partial charge in [-0.05, 0) is 18.4 Å². The zero-order valence-electron chi connectivity index (χ0n) is 13.0. The Morgan fingerprint density at radius 3 is 2.29 bits per heavy atom. The van der Waals surface area contributed by atoms with Gasteiger partial charge in [0.25, 0.3) is 0 Å². The van der Waals surface area contributed by atoms with Crippen LogP contribution in [0.3, 0.4) is 0 Å². The first-order valence-corrected chi connectivity index (χ1v) is 7.00. The molecule has 1 aromatic rings. The molecule has 1 rings (SSSR count). The van der Waals surface area contributed by atoms with E-state index in [9.17, 15) is 9.59 Å². The van der Waals surface area contributed by atoms with Crippen LogP contribution in [0.5, 0.6) is 0 Å². The van der Waals surface area contributed by atoms with E-state index in [1.165, 1.54) is 12.0 Å². The van der Waals surface area contributed by atoms with Crippen molar-refractivity contribution in [2.45, 2.75) is 33.4 Å². The molecule has 0 bridgehead atoms. The first-order valence-electron chi connectivity index (χ1n) is 7.00. The number of carbonyl (C=O) groups is 2. The number of amides is 1. The molecule has 1 atom stereocenters. The minimum absolute atomic E-state index is 0.183. The smallest absolute Gasteiger partial charge is 0.410 e. The van der Waals surface area contributed by atoms with Crippen LogP contribution in [0.25, 0.3) is 0 Å². The normalized spacial score (nSPS) is 11.9. The van der Waals surface area contributed by atoms with Crippen molar-refractivity contribution >= 4 is 12.1 Å². The third-order valence-electron chi connectivity index (χ3n) is 3.01. The quantitative estimate of drug-likeness (QED) is 0.757. The highest BCUT2D eigenvalue weighted by Gasteiger charge is 2.28. The number of carbonyl (C=O) groups excluding carboxylic acids is 2. The molecule has 5 nitrogen and oxygen atoms in total. The van der Waals surface area contributed by atoms with Crippen LogP contribution < -0.4 is 0 Å². The molecule has 0 saturated carbocycles. The van der Waals surface area contributed by atoms with Crippen LogP contribution in [0.4, 0.5) is 4.79 Å². The van der Waals surface area contributed by atoms with Crippen LogP contribution in [0.1, 0.15) is 26.3 Å². The number of benzene rings is 1. The second-order valence-corrected chi connectivity index (χ2v) is 5.29. The van der Waals surface area contributed by atoms with Crippen LogP contribution in [0.2, 0.25) is 0 Å². The van der Waals surface area contributed by atoms with Crippen molar-refractivity contribution in [1.82, 2.24) is 4.90 Å². The van der Waals surface area contributed by atoms with Gasteiger partial charge in [-0.25, -0.2) is 9.59 Å². The Morgan fingerprint density at radius 1 is 1.14 bits per heavy atom. The van der Waals surface area contributed by atoms with E-state index in [4.69, 9.17) is 9.47 Å². The summed E-state index contributed by atoms with van der Waals surface area (Å²) in [4.78, 5) is 25.3. The number of hydrogen-bond acceptors (Lipinski definition) is 4. The highest BCUT2D eigenvalue weighted by molar-refractivity contribution is 5.81. The lowest BCUT2D eigenvalue weighted by Crippen LogP contribution is -2.45. The zero-order chi connectivity index (χ0) is 15.8. The fourth-order valence-corrected chi connectivity index (χ4v) is 1.88. The highest BCUT2D eigenvalue weighted by atomic mass is 16.6. The summed E-state index contributed by atoms with van der Waals surface area (Å²) >= 11 is 0. The van der Waals surface area contributed by atoms with Gasteiger partial charge < -0.3 is 9.47 Å². The molecule has 1 unspecified atom stereocenters. The second-order valence-electron chi connectivity index (χ2n) is 5.29. The third-order valence-corrected chi connectivity index (χ3v) is 3.01. The summed E-state index contributed by atoms with van der Waals surface area (Å²) in [6.45, 7) is 6.20. The lowest BCUT2D eigenvalue weighted by molar-refractivity contribution is -0.145. The van der Waals surface area contributed by atoms with Crippen molar-refractivity contribution in [1.29, 1.82) is 0 Å². The van der Waals surface area contributed by atoms with Crippen LogP contribution in [0.15, 0.2) is 30.3 Å². The maximum absolute atomic E-state index is 12.2. The van der Waals surface area contributed by atoms with E-state index >= 15 is 0 Å². The van der Waals surface area contributed by atoms with E-state index in [1.807, 2.05) is 44.2 Å². The van der Waals surface area contributed by atoms with E-state index in [1.54, 1.807) is 6.92 Å². The maximum Gasteiger partial charge on any atom is 0.410 e. The third kappa shape index (κ3) is 5.45. The van der Waals surface area contributed by atoms with Gasteiger partial charge in [-0.1, -0.05) is 44.2 Å². The highest BCUT2D eigenvalue weighted by Crippen LogP contribution is 2.10. The number of nitrogens with zero attached hydrogens (tertiary/aromatic N) is 1. The van der Waals surface area contributed by atoms with E-state index in [2.05, 4.69) is 0 Å². The number of ether oxygens (including phenoxy) is 2. The lowest BCUT2D eigenvalue weighted by atomic mass is 10.2. The molecule has 1 amide bonds. The maximum atomic E-state index is 12.2. The van der Waals surface area contributed by atoms with Crippen LogP contribution in [-0.2, 0) is 20.9 Å². The first-order chi connectivity index (χ1) is 9.95. The average molecular weight is 293 g/mol. The predicted octanol–water partition coefficient (Wildman–Crippen LogP) is 2.84. The summed E-state index contributed by atoms with van der Waals surface area (Å²) < 4.78 is 9.99. The Balaban J connectivity index is 2.69. The van der Waals surface area contributed by atoms with Crippen molar-refractivity contribution < 1.29 is 19.1 Å². The molecule has 0 radical (unpaired) electrons. The number of methoxy groups -OCH3 is 1. The van der Waals surface area contributed by atoms with E-state index in [0.717, 1.165) is 5.56 Å². The number of esters is 1. The van der Waals surface area contributed by atoms with Gasteiger partial charge in [0.05, 0.1) is 7.11 Å². The van der Waals surface area contributed by atoms with Gasteiger partial charge in [0.15, 0.2) is 0 Å². The monoisotopic (exact) mass is 293 g/mol. The van der Waals surface area contributed by atoms with E-state index in [-0.39, 0.29) is 12.5 Å². The van der Waals surface area contributed by atoms with Gasteiger partial charge in [0.2, 0.25) is 0 Å². The summed E-state index contributed by atoms with van der Waals surface area (Å²) in [5, 5.41) is 0. The van der Waals surface area contributed by atoms with E-state index in [0.29, 0.717) is 6.54 Å². The Hall–Kier alpha value is -2.04. The molecule has 0 N–H and O–H groups in total. The molecule has 21 heavy (non-hydrogen) atoms. The summed E-state index contributed by atoms with van der Waals surface area (Å²) in [5.41, 5.74) is 0.904. The van der Waals surface area contributed by atoms with E-state index < -0.39 is 18.1 Å². The van der Waals surface area contributed by atoms with Gasteiger partial charge in [-0.2, -0.15) is 0 Å². The van der Waals surface area contributed by atoms with Crippen molar-refractivity contribution in [3.05, 3.63) is 35.9 Å². The van der Waals surface area contributed by atoms with Crippen molar-refractivity contribution in [2.75, 3.05) is 13.7 Å². The van der Waals surface area contributed by atoms with Crippen LogP contribution in [0, 0.1) is 5.92 Å². The summed E-state index contributed by atoms with van der Waals surface area (Å²) in [6, 6.07) is 8.75. The summed E-state index contributed by atoms with van der Waals surface area (Å²) in [6.07, 6.45) is -0.509. The number of hydrogen-bond donors (Lipinski definition) is 0. The predicted molar refractivity (Wildman–Crippen MR) is 79.6 cm³/mol. The van der Waals surface area contributed by atoms with Gasteiger partial charge in [-0.3, -0.25) is 4.90 Å². The fraction of sp³-hybridized carbons (Fsp3) is 0.500. The fourth-order valence-electron chi connectivity index (χ4n) is 1.88. The van der Waals surface area contributed by atoms with Crippen molar-refractivity contribution in [2.24, 2.45) is 5.92 Å². The Morgan fingerprint density at radius 2 is 1.76 bits per heavy atom. The minimum Gasteiger partial charge on any atom is -0.467 e. The standard InChI is InChI=1S/C16H23NO4/c1-12(2)10-17(13(3)15(18)20-4)16(19)21-11-14-8-6-5-7-9-14/h5-9,12-13H,10-11H2,1-4H3. The Labute approximate surface area is 125 Å². The zero-order valence-corrected chi connectivity index (χ0v) is 13.0. The summed E-state index contributed by atoms with van der Waals surface area (Å²) in [7, 11) is 1.31. The second kappa shape index (κ2) is 8.29. The van der Waals surface area contributed by atoms with Gasteiger partial charge in [0, 0.05) is 6.54 Å². The van der Waals surface area contributed by atoms with Crippen molar-refractivity contribution in [3.63, 3.8) is 0 Å². The molecule has 0 aliphatic heterocycles. The molecule has 1 aromatic carbocycles. The molecule has 0 heterocycles. The molecular weight excluding hydrogens is 270 g/mol. The van der Waals surface area contributed by atoms with Gasteiger partial charge >= 0.3 is 12.1 Å². The minimum atomic E-state index is -0.666.